The Morgan fingerprint density at radius 1 is 1.16 bits per heavy atom. The summed E-state index contributed by atoms with van der Waals surface area (Å²) in [5.41, 5.74) is 1.92. The molecule has 0 atom stereocenters. The zero-order chi connectivity index (χ0) is 18.4. The van der Waals surface area contributed by atoms with Gasteiger partial charge in [0.25, 0.3) is 0 Å². The van der Waals surface area contributed by atoms with Crippen LogP contribution in [0.2, 0.25) is 0 Å². The van der Waals surface area contributed by atoms with Gasteiger partial charge in [-0.2, -0.15) is 0 Å². The highest BCUT2D eigenvalue weighted by atomic mass is 19.1. The van der Waals surface area contributed by atoms with Crippen LogP contribution < -0.4 is 14.8 Å². The van der Waals surface area contributed by atoms with Crippen molar-refractivity contribution in [2.75, 3.05) is 33.1 Å². The number of rotatable bonds is 7. The fourth-order valence-electron chi connectivity index (χ4n) is 2.49. The number of nitrogens with one attached hydrogen (secondary N) is 1. The SMILES string of the molecule is COc1ccc(CN(C)CC(=O)Nc2ccc(C)cc2F)c(OC)c1. The van der Waals surface area contributed by atoms with Crippen LogP contribution in [0.5, 0.6) is 11.5 Å². The molecule has 0 saturated heterocycles. The van der Waals surface area contributed by atoms with Crippen molar-refractivity contribution in [1.82, 2.24) is 4.90 Å². The molecule has 5 nitrogen and oxygen atoms in total. The average molecular weight is 346 g/mol. The minimum absolute atomic E-state index is 0.127. The van der Waals surface area contributed by atoms with Crippen LogP contribution >= 0.6 is 0 Å². The zero-order valence-electron chi connectivity index (χ0n) is 14.9. The maximum atomic E-state index is 13.8. The molecule has 0 bridgehead atoms. The molecule has 0 aromatic heterocycles. The molecule has 2 rings (SSSR count). The molecule has 0 aliphatic carbocycles. The van der Waals surface area contributed by atoms with Crippen molar-refractivity contribution in [3.63, 3.8) is 0 Å². The molecule has 2 aromatic carbocycles. The van der Waals surface area contributed by atoms with E-state index in [0.717, 1.165) is 11.1 Å². The Hall–Kier alpha value is -2.60. The van der Waals surface area contributed by atoms with E-state index in [1.807, 2.05) is 24.1 Å². The molecule has 1 amide bonds. The highest BCUT2D eigenvalue weighted by Gasteiger charge is 2.12. The molecule has 2 aromatic rings. The fraction of sp³-hybridized carbons (Fsp3) is 0.316. The van der Waals surface area contributed by atoms with Gasteiger partial charge in [0.1, 0.15) is 17.3 Å². The van der Waals surface area contributed by atoms with Crippen LogP contribution in [0.1, 0.15) is 11.1 Å². The summed E-state index contributed by atoms with van der Waals surface area (Å²) in [5.74, 6) is 0.678. The monoisotopic (exact) mass is 346 g/mol. The van der Waals surface area contributed by atoms with Gasteiger partial charge in [0, 0.05) is 18.2 Å². The Kier molecular flexibility index (Phi) is 6.36. The summed E-state index contributed by atoms with van der Waals surface area (Å²) in [6, 6.07) is 10.2. The number of likely N-dealkylation sites (N-methyl/N-ethyl adjacent to an activating group) is 1. The normalized spacial score (nSPS) is 10.6. The lowest BCUT2D eigenvalue weighted by Crippen LogP contribution is -2.30. The molecule has 0 aliphatic heterocycles. The quantitative estimate of drug-likeness (QED) is 0.836. The molecular formula is C19H23FN2O3. The molecule has 134 valence electrons. The Morgan fingerprint density at radius 3 is 2.56 bits per heavy atom. The van der Waals surface area contributed by atoms with E-state index < -0.39 is 5.82 Å². The predicted molar refractivity (Wildman–Crippen MR) is 95.6 cm³/mol. The number of halogens is 1. The highest BCUT2D eigenvalue weighted by molar-refractivity contribution is 5.92. The summed E-state index contributed by atoms with van der Waals surface area (Å²) >= 11 is 0. The Bertz CT molecular complexity index is 749. The lowest BCUT2D eigenvalue weighted by molar-refractivity contribution is -0.117. The summed E-state index contributed by atoms with van der Waals surface area (Å²) in [6.45, 7) is 2.43. The Morgan fingerprint density at radius 2 is 1.92 bits per heavy atom. The number of ether oxygens (including phenoxy) is 2. The van der Waals surface area contributed by atoms with Gasteiger partial charge in [-0.3, -0.25) is 9.69 Å². The van der Waals surface area contributed by atoms with Crippen molar-refractivity contribution < 1.29 is 18.7 Å². The number of aryl methyl sites for hydroxylation is 1. The fourth-order valence-corrected chi connectivity index (χ4v) is 2.49. The molecule has 0 unspecified atom stereocenters. The number of carbonyl (C=O) groups is 1. The molecule has 6 heteroatoms. The van der Waals surface area contributed by atoms with Gasteiger partial charge in [-0.05, 0) is 37.7 Å². The molecule has 0 heterocycles. The number of carbonyl (C=O) groups excluding carboxylic acids is 1. The second-order valence-corrected chi connectivity index (χ2v) is 5.88. The molecule has 0 aliphatic rings. The summed E-state index contributed by atoms with van der Waals surface area (Å²) in [5, 5.41) is 2.59. The third-order valence-corrected chi connectivity index (χ3v) is 3.75. The van der Waals surface area contributed by atoms with Gasteiger partial charge in [-0.25, -0.2) is 4.39 Å². The van der Waals surface area contributed by atoms with E-state index in [1.54, 1.807) is 39.3 Å². The first kappa shape index (κ1) is 18.7. The van der Waals surface area contributed by atoms with Crippen LogP contribution in [0.25, 0.3) is 0 Å². The zero-order valence-corrected chi connectivity index (χ0v) is 14.9. The van der Waals surface area contributed by atoms with E-state index in [4.69, 9.17) is 9.47 Å². The number of hydrogen-bond acceptors (Lipinski definition) is 4. The van der Waals surface area contributed by atoms with Crippen molar-refractivity contribution in [2.24, 2.45) is 0 Å². The summed E-state index contributed by atoms with van der Waals surface area (Å²) in [6.07, 6.45) is 0. The van der Waals surface area contributed by atoms with Crippen molar-refractivity contribution in [1.29, 1.82) is 0 Å². The first-order valence-corrected chi connectivity index (χ1v) is 7.88. The number of anilines is 1. The van der Waals surface area contributed by atoms with Gasteiger partial charge >= 0.3 is 0 Å². The van der Waals surface area contributed by atoms with Gasteiger partial charge in [-0.15, -0.1) is 0 Å². The smallest absolute Gasteiger partial charge is 0.238 e. The second-order valence-electron chi connectivity index (χ2n) is 5.88. The second kappa shape index (κ2) is 8.48. The number of hydrogen-bond donors (Lipinski definition) is 1. The van der Waals surface area contributed by atoms with Crippen LogP contribution in [0.4, 0.5) is 10.1 Å². The van der Waals surface area contributed by atoms with E-state index in [2.05, 4.69) is 5.32 Å². The first-order chi connectivity index (χ1) is 11.9. The minimum Gasteiger partial charge on any atom is -0.497 e. The average Bonchev–Trinajstić information content (AvgIpc) is 2.57. The van der Waals surface area contributed by atoms with Gasteiger partial charge in [0.2, 0.25) is 5.91 Å². The van der Waals surface area contributed by atoms with Crippen LogP contribution in [0.3, 0.4) is 0 Å². The van der Waals surface area contributed by atoms with Gasteiger partial charge in [0.05, 0.1) is 26.5 Å². The molecule has 0 fully saturated rings. The summed E-state index contributed by atoms with van der Waals surface area (Å²) < 4.78 is 24.3. The predicted octanol–water partition coefficient (Wildman–Crippen LogP) is 3.22. The van der Waals surface area contributed by atoms with E-state index in [-0.39, 0.29) is 18.1 Å². The Labute approximate surface area is 147 Å². The maximum Gasteiger partial charge on any atom is 0.238 e. The number of methoxy groups -OCH3 is 2. The highest BCUT2D eigenvalue weighted by Crippen LogP contribution is 2.25. The molecule has 25 heavy (non-hydrogen) atoms. The topological polar surface area (TPSA) is 50.8 Å². The van der Waals surface area contributed by atoms with Crippen molar-refractivity contribution in [3.8, 4) is 11.5 Å². The van der Waals surface area contributed by atoms with Gasteiger partial charge in [-0.1, -0.05) is 12.1 Å². The largest absolute Gasteiger partial charge is 0.497 e. The van der Waals surface area contributed by atoms with Crippen molar-refractivity contribution in [2.45, 2.75) is 13.5 Å². The van der Waals surface area contributed by atoms with Crippen LogP contribution in [-0.4, -0.2) is 38.6 Å². The molecule has 0 saturated carbocycles. The van der Waals surface area contributed by atoms with E-state index in [1.165, 1.54) is 6.07 Å². The summed E-state index contributed by atoms with van der Waals surface area (Å²) in [4.78, 5) is 14.0. The minimum atomic E-state index is -0.437. The first-order valence-electron chi connectivity index (χ1n) is 7.88. The number of amides is 1. The van der Waals surface area contributed by atoms with Gasteiger partial charge < -0.3 is 14.8 Å². The van der Waals surface area contributed by atoms with Crippen molar-refractivity contribution in [3.05, 3.63) is 53.3 Å². The summed E-state index contributed by atoms with van der Waals surface area (Å²) in [7, 11) is 5.00. The van der Waals surface area contributed by atoms with E-state index in [0.29, 0.717) is 18.0 Å². The lowest BCUT2D eigenvalue weighted by Gasteiger charge is -2.18. The molecule has 1 N–H and O–H groups in total. The third kappa shape index (κ3) is 5.19. The van der Waals surface area contributed by atoms with Gasteiger partial charge in [0.15, 0.2) is 0 Å². The van der Waals surface area contributed by atoms with E-state index >= 15 is 0 Å². The van der Waals surface area contributed by atoms with Crippen LogP contribution in [-0.2, 0) is 11.3 Å². The van der Waals surface area contributed by atoms with Crippen molar-refractivity contribution >= 4 is 11.6 Å². The maximum absolute atomic E-state index is 13.8. The number of nitrogens with zero attached hydrogens (tertiary/aromatic N) is 1. The molecule has 0 spiro atoms. The molecular weight excluding hydrogens is 323 g/mol. The standard InChI is InChI=1S/C19H23FN2O3/c1-13-5-8-17(16(20)9-13)21-19(23)12-22(2)11-14-6-7-15(24-3)10-18(14)25-4/h5-10H,11-12H2,1-4H3,(H,21,23). The number of benzene rings is 2. The third-order valence-electron chi connectivity index (χ3n) is 3.75. The molecule has 0 radical (unpaired) electrons. The van der Waals surface area contributed by atoms with Crippen LogP contribution in [0, 0.1) is 12.7 Å². The van der Waals surface area contributed by atoms with Crippen LogP contribution in [0.15, 0.2) is 36.4 Å². The Balaban J connectivity index is 1.97. The van der Waals surface area contributed by atoms with E-state index in [9.17, 15) is 9.18 Å². The lowest BCUT2D eigenvalue weighted by atomic mass is 10.1.